The molecule has 0 radical (unpaired) electrons. The number of fused-ring (bicyclic) bond motifs is 1. The molecule has 6 nitrogen and oxygen atoms in total. The normalized spacial score (nSPS) is 19.4. The van der Waals surface area contributed by atoms with Crippen molar-refractivity contribution in [1.82, 2.24) is 10.2 Å². The van der Waals surface area contributed by atoms with Crippen LogP contribution in [0.1, 0.15) is 53.1 Å². The highest BCUT2D eigenvalue weighted by Gasteiger charge is 2.55. The number of carbonyl (C=O) groups is 2. The molecule has 4 rings (SSSR count). The monoisotopic (exact) mass is 422 g/mol. The summed E-state index contributed by atoms with van der Waals surface area (Å²) >= 11 is 0. The van der Waals surface area contributed by atoms with Gasteiger partial charge >= 0.3 is 0 Å². The minimum absolute atomic E-state index is 0.00308. The third-order valence-electron chi connectivity index (χ3n) is 6.72. The van der Waals surface area contributed by atoms with Gasteiger partial charge in [0.05, 0.1) is 25.2 Å². The molecule has 1 N–H and O–H groups in total. The molecule has 0 bridgehead atoms. The standard InChI is InChI=1S/C25H30N2O4/c1-30-16-15-27-24(29)20-11-5-4-10-19(20)22(25(27)13-7-8-14-25)23(28)26-17-18-9-3-6-12-21(18)31-2/h3-6,9-12,22H,7-8,13-17H2,1-2H3,(H,26,28). The first kappa shape index (κ1) is 21.4. The number of amides is 2. The van der Waals surface area contributed by atoms with Gasteiger partial charge in [-0.2, -0.15) is 0 Å². The van der Waals surface area contributed by atoms with Gasteiger partial charge in [-0.1, -0.05) is 49.2 Å². The number of hydrogen-bond acceptors (Lipinski definition) is 4. The van der Waals surface area contributed by atoms with E-state index in [1.54, 1.807) is 14.2 Å². The van der Waals surface area contributed by atoms with Crippen LogP contribution < -0.4 is 10.1 Å². The fourth-order valence-electron chi connectivity index (χ4n) is 5.31. The first-order chi connectivity index (χ1) is 15.1. The maximum absolute atomic E-state index is 13.7. The molecule has 1 fully saturated rings. The number of hydrogen-bond donors (Lipinski definition) is 1. The number of benzene rings is 2. The molecule has 1 unspecified atom stereocenters. The zero-order chi connectivity index (χ0) is 21.8. The first-order valence-electron chi connectivity index (χ1n) is 10.9. The van der Waals surface area contributed by atoms with E-state index in [4.69, 9.17) is 9.47 Å². The molecule has 1 heterocycles. The van der Waals surface area contributed by atoms with Gasteiger partial charge in [-0.15, -0.1) is 0 Å². The predicted molar refractivity (Wildman–Crippen MR) is 118 cm³/mol. The number of rotatable bonds is 7. The largest absolute Gasteiger partial charge is 0.496 e. The fourth-order valence-corrected chi connectivity index (χ4v) is 5.31. The van der Waals surface area contributed by atoms with Crippen LogP contribution in [0, 0.1) is 0 Å². The van der Waals surface area contributed by atoms with Crippen molar-refractivity contribution in [3.05, 3.63) is 65.2 Å². The summed E-state index contributed by atoms with van der Waals surface area (Å²) in [5.41, 5.74) is 1.87. The van der Waals surface area contributed by atoms with Gasteiger partial charge in [0.1, 0.15) is 5.75 Å². The van der Waals surface area contributed by atoms with Gasteiger partial charge in [0, 0.05) is 31.3 Å². The molecule has 1 saturated carbocycles. The van der Waals surface area contributed by atoms with Crippen LogP contribution in [-0.4, -0.2) is 49.6 Å². The highest BCUT2D eigenvalue weighted by atomic mass is 16.5. The van der Waals surface area contributed by atoms with E-state index in [0.717, 1.165) is 42.6 Å². The van der Waals surface area contributed by atoms with Crippen LogP contribution >= 0.6 is 0 Å². The number of ether oxygens (including phenoxy) is 2. The smallest absolute Gasteiger partial charge is 0.254 e. The van der Waals surface area contributed by atoms with E-state index in [2.05, 4.69) is 5.32 Å². The van der Waals surface area contributed by atoms with Gasteiger partial charge in [-0.3, -0.25) is 9.59 Å². The lowest BCUT2D eigenvalue weighted by Crippen LogP contribution is -2.61. The third-order valence-corrected chi connectivity index (χ3v) is 6.72. The Labute approximate surface area is 183 Å². The second-order valence-electron chi connectivity index (χ2n) is 8.31. The van der Waals surface area contributed by atoms with Crippen LogP contribution in [-0.2, 0) is 16.1 Å². The third kappa shape index (κ3) is 3.81. The Morgan fingerprint density at radius 1 is 1.10 bits per heavy atom. The highest BCUT2D eigenvalue weighted by molar-refractivity contribution is 6.02. The first-order valence-corrected chi connectivity index (χ1v) is 10.9. The fraction of sp³-hybridized carbons (Fsp3) is 0.440. The summed E-state index contributed by atoms with van der Waals surface area (Å²) in [4.78, 5) is 29.1. The lowest BCUT2D eigenvalue weighted by Gasteiger charge is -2.50. The molecular weight excluding hydrogens is 392 g/mol. The van der Waals surface area contributed by atoms with E-state index < -0.39 is 11.5 Å². The minimum Gasteiger partial charge on any atom is -0.496 e. The number of nitrogens with zero attached hydrogens (tertiary/aromatic N) is 1. The molecule has 1 aliphatic heterocycles. The van der Waals surface area contributed by atoms with Crippen molar-refractivity contribution in [2.75, 3.05) is 27.4 Å². The van der Waals surface area contributed by atoms with Crippen molar-refractivity contribution in [1.29, 1.82) is 0 Å². The Morgan fingerprint density at radius 2 is 1.81 bits per heavy atom. The Kier molecular flexibility index (Phi) is 6.28. The highest BCUT2D eigenvalue weighted by Crippen LogP contribution is 2.50. The molecule has 1 atom stereocenters. The summed E-state index contributed by atoms with van der Waals surface area (Å²) in [6.45, 7) is 1.31. The summed E-state index contributed by atoms with van der Waals surface area (Å²) in [5, 5.41) is 3.14. The summed E-state index contributed by atoms with van der Waals surface area (Å²) in [6, 6.07) is 15.2. The van der Waals surface area contributed by atoms with Gasteiger partial charge in [0.2, 0.25) is 5.91 Å². The summed E-state index contributed by atoms with van der Waals surface area (Å²) in [6.07, 6.45) is 3.66. The second-order valence-corrected chi connectivity index (χ2v) is 8.31. The van der Waals surface area contributed by atoms with Crippen LogP contribution in [0.5, 0.6) is 5.75 Å². The lowest BCUT2D eigenvalue weighted by atomic mass is 9.71. The number of carbonyl (C=O) groups excluding carboxylic acids is 2. The zero-order valence-corrected chi connectivity index (χ0v) is 18.2. The van der Waals surface area contributed by atoms with Crippen LogP contribution in [0.15, 0.2) is 48.5 Å². The van der Waals surface area contributed by atoms with E-state index in [0.29, 0.717) is 25.3 Å². The topological polar surface area (TPSA) is 67.9 Å². The van der Waals surface area contributed by atoms with Gasteiger partial charge in [0.15, 0.2) is 0 Å². The number of nitrogens with one attached hydrogen (secondary N) is 1. The summed E-state index contributed by atoms with van der Waals surface area (Å²) < 4.78 is 10.7. The molecule has 0 aromatic heterocycles. The van der Waals surface area contributed by atoms with Crippen molar-refractivity contribution < 1.29 is 19.1 Å². The Bertz CT molecular complexity index is 952. The molecule has 31 heavy (non-hydrogen) atoms. The average molecular weight is 423 g/mol. The number of methoxy groups -OCH3 is 2. The molecule has 2 aliphatic rings. The van der Waals surface area contributed by atoms with Gasteiger partial charge in [-0.25, -0.2) is 0 Å². The summed E-state index contributed by atoms with van der Waals surface area (Å²) in [7, 11) is 3.27. The molecule has 0 saturated heterocycles. The maximum atomic E-state index is 13.7. The van der Waals surface area contributed by atoms with Crippen molar-refractivity contribution in [2.45, 2.75) is 43.7 Å². The van der Waals surface area contributed by atoms with Crippen molar-refractivity contribution in [3.63, 3.8) is 0 Å². The van der Waals surface area contributed by atoms with Gasteiger partial charge in [-0.05, 0) is 30.5 Å². The lowest BCUT2D eigenvalue weighted by molar-refractivity contribution is -0.126. The zero-order valence-electron chi connectivity index (χ0n) is 18.2. The van der Waals surface area contributed by atoms with Gasteiger partial charge in [0.25, 0.3) is 5.91 Å². The van der Waals surface area contributed by atoms with E-state index in [1.165, 1.54) is 0 Å². The molecule has 1 aliphatic carbocycles. The molecule has 6 heteroatoms. The molecule has 1 spiro atoms. The molecule has 164 valence electrons. The van der Waals surface area contributed by atoms with Crippen LogP contribution in [0.3, 0.4) is 0 Å². The van der Waals surface area contributed by atoms with Crippen molar-refractivity contribution in [3.8, 4) is 5.75 Å². The van der Waals surface area contributed by atoms with E-state index >= 15 is 0 Å². The van der Waals surface area contributed by atoms with Crippen LogP contribution in [0.4, 0.5) is 0 Å². The van der Waals surface area contributed by atoms with E-state index in [1.807, 2.05) is 53.4 Å². The van der Waals surface area contributed by atoms with E-state index in [9.17, 15) is 9.59 Å². The Balaban J connectivity index is 1.70. The predicted octanol–water partition coefficient (Wildman–Crippen LogP) is 3.51. The summed E-state index contributed by atoms with van der Waals surface area (Å²) in [5.74, 6) is 0.299. The molecule has 2 aromatic carbocycles. The average Bonchev–Trinajstić information content (AvgIpc) is 3.27. The molecule has 2 amide bonds. The van der Waals surface area contributed by atoms with Crippen molar-refractivity contribution in [2.24, 2.45) is 0 Å². The maximum Gasteiger partial charge on any atom is 0.254 e. The van der Waals surface area contributed by atoms with Gasteiger partial charge < -0.3 is 19.7 Å². The number of para-hydroxylation sites is 1. The van der Waals surface area contributed by atoms with Crippen molar-refractivity contribution >= 4 is 11.8 Å². The van der Waals surface area contributed by atoms with Crippen LogP contribution in [0.25, 0.3) is 0 Å². The molecular formula is C25H30N2O4. The Morgan fingerprint density at radius 3 is 2.55 bits per heavy atom. The quantitative estimate of drug-likeness (QED) is 0.742. The SMILES string of the molecule is COCCN1C(=O)c2ccccc2C(C(=O)NCc2ccccc2OC)C12CCCC2. The Hall–Kier alpha value is -2.86. The van der Waals surface area contributed by atoms with E-state index in [-0.39, 0.29) is 11.8 Å². The molecule has 2 aromatic rings. The van der Waals surface area contributed by atoms with Crippen LogP contribution in [0.2, 0.25) is 0 Å². The minimum atomic E-state index is -0.505. The second kappa shape index (κ2) is 9.10.